The summed E-state index contributed by atoms with van der Waals surface area (Å²) in [5.74, 6) is 0.524. The average molecular weight is 258 g/mol. The zero-order chi connectivity index (χ0) is 13.0. The highest BCUT2D eigenvalue weighted by molar-refractivity contribution is 7.84. The number of carbonyl (C=O) groups is 1. The van der Waals surface area contributed by atoms with Crippen LogP contribution < -0.4 is 11.1 Å². The number of anilines is 1. The molecule has 0 saturated heterocycles. The highest BCUT2D eigenvalue weighted by Crippen LogP contribution is 2.12. The number of aromatic amines is 1. The largest absolute Gasteiger partial charge is 0.382 e. The van der Waals surface area contributed by atoms with E-state index in [1.165, 1.54) is 0 Å². The van der Waals surface area contributed by atoms with E-state index in [0.717, 1.165) is 0 Å². The fraction of sp³-hybridized carbons (Fsp3) is 0.600. The van der Waals surface area contributed by atoms with Crippen LogP contribution in [0.2, 0.25) is 0 Å². The van der Waals surface area contributed by atoms with E-state index in [2.05, 4.69) is 15.5 Å². The quantitative estimate of drug-likeness (QED) is 0.701. The minimum absolute atomic E-state index is 0.0416. The molecule has 0 aromatic carbocycles. The summed E-state index contributed by atoms with van der Waals surface area (Å²) >= 11 is 0. The van der Waals surface area contributed by atoms with Crippen LogP contribution in [0.1, 0.15) is 29.4 Å². The van der Waals surface area contributed by atoms with Gasteiger partial charge in [0, 0.05) is 34.5 Å². The zero-order valence-corrected chi connectivity index (χ0v) is 11.1. The maximum atomic E-state index is 11.9. The van der Waals surface area contributed by atoms with Gasteiger partial charge in [0.1, 0.15) is 5.56 Å². The second-order valence-electron chi connectivity index (χ2n) is 4.05. The first-order chi connectivity index (χ1) is 7.91. The summed E-state index contributed by atoms with van der Waals surface area (Å²) in [6.07, 6.45) is 2.32. The van der Waals surface area contributed by atoms with Crippen LogP contribution in [0, 0.1) is 6.92 Å². The number of nitrogens with two attached hydrogens (primary N) is 1. The molecule has 17 heavy (non-hydrogen) atoms. The summed E-state index contributed by atoms with van der Waals surface area (Å²) in [4.78, 5) is 11.9. The van der Waals surface area contributed by atoms with Crippen molar-refractivity contribution in [2.75, 3.05) is 17.7 Å². The van der Waals surface area contributed by atoms with E-state index in [1.54, 1.807) is 13.2 Å². The second kappa shape index (κ2) is 5.81. The molecule has 0 aliphatic rings. The zero-order valence-electron chi connectivity index (χ0n) is 10.2. The minimum atomic E-state index is -0.841. The average Bonchev–Trinajstić information content (AvgIpc) is 2.55. The van der Waals surface area contributed by atoms with Gasteiger partial charge in [-0.05, 0) is 20.3 Å². The molecule has 0 fully saturated rings. The van der Waals surface area contributed by atoms with E-state index in [1.807, 2.05) is 6.92 Å². The Morgan fingerprint density at radius 3 is 2.76 bits per heavy atom. The van der Waals surface area contributed by atoms with E-state index in [-0.39, 0.29) is 17.8 Å². The topological polar surface area (TPSA) is 101 Å². The van der Waals surface area contributed by atoms with Gasteiger partial charge in [-0.25, -0.2) is 0 Å². The van der Waals surface area contributed by atoms with Crippen molar-refractivity contribution in [1.82, 2.24) is 15.5 Å². The van der Waals surface area contributed by atoms with Crippen LogP contribution in [0.15, 0.2) is 0 Å². The van der Waals surface area contributed by atoms with Crippen molar-refractivity contribution < 1.29 is 9.00 Å². The van der Waals surface area contributed by atoms with Gasteiger partial charge in [0.2, 0.25) is 0 Å². The summed E-state index contributed by atoms with van der Waals surface area (Å²) in [7, 11) is -0.841. The fourth-order valence-electron chi connectivity index (χ4n) is 1.45. The van der Waals surface area contributed by atoms with Crippen LogP contribution in [-0.4, -0.2) is 38.4 Å². The standard InChI is InChI=1S/C10H18N4O2S/c1-6(4-5-17(3)16)12-10(15)8-7(2)13-14-9(8)11/h6H,4-5H2,1-3H3,(H,12,15)(H3,11,13,14). The Balaban J connectivity index is 2.58. The monoisotopic (exact) mass is 258 g/mol. The molecule has 0 aliphatic carbocycles. The number of H-pyrrole nitrogens is 1. The lowest BCUT2D eigenvalue weighted by Gasteiger charge is -2.12. The molecule has 2 unspecified atom stereocenters. The highest BCUT2D eigenvalue weighted by Gasteiger charge is 2.17. The van der Waals surface area contributed by atoms with E-state index in [0.29, 0.717) is 23.4 Å². The summed E-state index contributed by atoms with van der Waals surface area (Å²) in [5.41, 5.74) is 6.62. The Hall–Kier alpha value is -1.37. The predicted molar refractivity (Wildman–Crippen MR) is 68.2 cm³/mol. The van der Waals surface area contributed by atoms with Gasteiger partial charge in [-0.2, -0.15) is 5.10 Å². The number of nitrogens with one attached hydrogen (secondary N) is 2. The summed E-state index contributed by atoms with van der Waals surface area (Å²) < 4.78 is 10.9. The van der Waals surface area contributed by atoms with E-state index in [9.17, 15) is 9.00 Å². The van der Waals surface area contributed by atoms with Crippen LogP contribution in [0.4, 0.5) is 5.82 Å². The molecule has 0 spiro atoms. The lowest BCUT2D eigenvalue weighted by molar-refractivity contribution is 0.0940. The first-order valence-corrected chi connectivity index (χ1v) is 7.06. The lowest BCUT2D eigenvalue weighted by atomic mass is 10.2. The summed E-state index contributed by atoms with van der Waals surface area (Å²) in [6, 6.07) is -0.0416. The molecule has 1 aromatic heterocycles. The molecule has 0 saturated carbocycles. The van der Waals surface area contributed by atoms with Crippen molar-refractivity contribution in [2.24, 2.45) is 0 Å². The Labute approximate surface area is 103 Å². The first-order valence-electron chi connectivity index (χ1n) is 5.33. The third kappa shape index (κ3) is 3.85. The first kappa shape index (κ1) is 13.7. The number of aromatic nitrogens is 2. The van der Waals surface area contributed by atoms with Crippen molar-refractivity contribution in [3.05, 3.63) is 11.3 Å². The number of amides is 1. The van der Waals surface area contributed by atoms with Crippen molar-refractivity contribution in [3.8, 4) is 0 Å². The fourth-order valence-corrected chi connectivity index (χ4v) is 2.13. The number of aryl methyl sites for hydroxylation is 1. The van der Waals surface area contributed by atoms with Crippen LogP contribution in [0.25, 0.3) is 0 Å². The Kier molecular flexibility index (Phi) is 4.68. The Bertz CT molecular complexity index is 410. The third-order valence-electron chi connectivity index (χ3n) is 2.42. The minimum Gasteiger partial charge on any atom is -0.382 e. The molecule has 0 radical (unpaired) electrons. The molecule has 1 rings (SSSR count). The second-order valence-corrected chi connectivity index (χ2v) is 5.60. The lowest BCUT2D eigenvalue weighted by Crippen LogP contribution is -2.34. The van der Waals surface area contributed by atoms with Gasteiger partial charge in [-0.15, -0.1) is 0 Å². The molecule has 0 aliphatic heterocycles. The number of nitrogens with zero attached hydrogens (tertiary/aromatic N) is 1. The molecule has 7 heteroatoms. The van der Waals surface area contributed by atoms with Gasteiger partial charge in [-0.1, -0.05) is 0 Å². The highest BCUT2D eigenvalue weighted by atomic mass is 32.2. The van der Waals surface area contributed by atoms with Gasteiger partial charge in [-0.3, -0.25) is 14.1 Å². The number of hydrogen-bond acceptors (Lipinski definition) is 4. The van der Waals surface area contributed by atoms with Gasteiger partial charge in [0.15, 0.2) is 5.82 Å². The van der Waals surface area contributed by atoms with Gasteiger partial charge in [0.25, 0.3) is 5.91 Å². The Morgan fingerprint density at radius 2 is 2.29 bits per heavy atom. The SMILES string of the molecule is Cc1[nH]nc(N)c1C(=O)NC(C)CCS(C)=O. The number of rotatable bonds is 5. The normalized spacial score (nSPS) is 14.3. The molecule has 1 aromatic rings. The van der Waals surface area contributed by atoms with Gasteiger partial charge >= 0.3 is 0 Å². The van der Waals surface area contributed by atoms with Crippen LogP contribution >= 0.6 is 0 Å². The van der Waals surface area contributed by atoms with Crippen LogP contribution in [-0.2, 0) is 10.8 Å². The van der Waals surface area contributed by atoms with Crippen molar-refractivity contribution >= 4 is 22.5 Å². The van der Waals surface area contributed by atoms with E-state index >= 15 is 0 Å². The van der Waals surface area contributed by atoms with Crippen molar-refractivity contribution in [1.29, 1.82) is 0 Å². The number of carbonyl (C=O) groups excluding carboxylic acids is 1. The maximum absolute atomic E-state index is 11.9. The molecule has 2 atom stereocenters. The van der Waals surface area contributed by atoms with E-state index < -0.39 is 10.8 Å². The molecule has 6 nitrogen and oxygen atoms in total. The molecular weight excluding hydrogens is 240 g/mol. The maximum Gasteiger partial charge on any atom is 0.257 e. The number of hydrogen-bond donors (Lipinski definition) is 3. The van der Waals surface area contributed by atoms with Crippen LogP contribution in [0.3, 0.4) is 0 Å². The number of nitrogen functional groups attached to an aromatic ring is 1. The van der Waals surface area contributed by atoms with Crippen molar-refractivity contribution in [2.45, 2.75) is 26.3 Å². The van der Waals surface area contributed by atoms with Gasteiger partial charge < -0.3 is 11.1 Å². The smallest absolute Gasteiger partial charge is 0.257 e. The molecule has 4 N–H and O–H groups in total. The molecule has 1 heterocycles. The predicted octanol–water partition coefficient (Wildman–Crippen LogP) is 0.187. The van der Waals surface area contributed by atoms with Crippen LogP contribution in [0.5, 0.6) is 0 Å². The van der Waals surface area contributed by atoms with E-state index in [4.69, 9.17) is 5.73 Å². The Morgan fingerprint density at radius 1 is 1.65 bits per heavy atom. The van der Waals surface area contributed by atoms with Crippen molar-refractivity contribution in [3.63, 3.8) is 0 Å². The molecule has 96 valence electrons. The third-order valence-corrected chi connectivity index (χ3v) is 3.23. The summed E-state index contributed by atoms with van der Waals surface area (Å²) in [6.45, 7) is 3.61. The summed E-state index contributed by atoms with van der Waals surface area (Å²) in [5, 5.41) is 9.22. The molecule has 1 amide bonds. The molecule has 0 bridgehead atoms. The van der Waals surface area contributed by atoms with Gasteiger partial charge in [0.05, 0.1) is 0 Å². The molecular formula is C10H18N4O2S.